The number of aromatic nitrogens is 2. The van der Waals surface area contributed by atoms with E-state index in [1.807, 2.05) is 12.1 Å². The van der Waals surface area contributed by atoms with Gasteiger partial charge in [-0.15, -0.1) is 0 Å². The van der Waals surface area contributed by atoms with Gasteiger partial charge in [0.15, 0.2) is 0 Å². The van der Waals surface area contributed by atoms with Gasteiger partial charge in [-0.3, -0.25) is 18.9 Å². The molecule has 32 heavy (non-hydrogen) atoms. The third-order valence-corrected chi connectivity index (χ3v) is 7.12. The zero-order valence-corrected chi connectivity index (χ0v) is 20.0. The zero-order valence-electron chi connectivity index (χ0n) is 18.3. The minimum atomic E-state index is -0.187. The van der Waals surface area contributed by atoms with Crippen LogP contribution in [0.2, 0.25) is 0 Å². The average molecular weight is 474 g/mol. The normalized spacial score (nSPS) is 19.0. The molecule has 2 aliphatic heterocycles. The van der Waals surface area contributed by atoms with Gasteiger partial charge in [0, 0.05) is 52.6 Å². The number of thioether (sulfide) groups is 1. The maximum Gasteiger partial charge on any atom is 0.267 e. The fourth-order valence-electron chi connectivity index (χ4n) is 3.93. The first-order chi connectivity index (χ1) is 15.5. The third kappa shape index (κ3) is 4.59. The van der Waals surface area contributed by atoms with E-state index in [2.05, 4.69) is 16.7 Å². The lowest BCUT2D eigenvalue weighted by Gasteiger charge is -2.35. The Morgan fingerprint density at radius 1 is 1.22 bits per heavy atom. The summed E-state index contributed by atoms with van der Waals surface area (Å²) in [5.74, 6) is 0.456. The van der Waals surface area contributed by atoms with Gasteiger partial charge in [0.05, 0.1) is 10.5 Å². The second-order valence-corrected chi connectivity index (χ2v) is 9.36. The lowest BCUT2D eigenvalue weighted by molar-refractivity contribution is -0.122. The van der Waals surface area contributed by atoms with Crippen molar-refractivity contribution >= 4 is 51.7 Å². The number of pyridine rings is 1. The molecule has 2 aliphatic rings. The number of methoxy groups -OCH3 is 1. The first kappa shape index (κ1) is 22.9. The zero-order chi connectivity index (χ0) is 22.7. The number of carbonyl (C=O) groups is 1. The Bertz CT molecular complexity index is 1110. The summed E-state index contributed by atoms with van der Waals surface area (Å²) in [5.41, 5.74) is 0.832. The van der Waals surface area contributed by atoms with Crippen molar-refractivity contribution < 1.29 is 9.53 Å². The van der Waals surface area contributed by atoms with E-state index in [-0.39, 0.29) is 11.5 Å². The van der Waals surface area contributed by atoms with Crippen LogP contribution in [0.25, 0.3) is 11.7 Å². The molecule has 8 nitrogen and oxygen atoms in total. The summed E-state index contributed by atoms with van der Waals surface area (Å²) in [6, 6.07) is 5.49. The number of fused-ring (bicyclic) bond motifs is 1. The molecule has 10 heteroatoms. The van der Waals surface area contributed by atoms with Crippen LogP contribution in [0.15, 0.2) is 34.1 Å². The number of nitrogens with zero attached hydrogens (tertiary/aromatic N) is 5. The summed E-state index contributed by atoms with van der Waals surface area (Å²) < 4.78 is 7.11. The number of ether oxygens (including phenoxy) is 1. The van der Waals surface area contributed by atoms with E-state index >= 15 is 0 Å². The van der Waals surface area contributed by atoms with Gasteiger partial charge < -0.3 is 14.5 Å². The molecule has 1 amide bonds. The molecular formula is C22H27N5O3S2. The molecule has 2 fully saturated rings. The average Bonchev–Trinajstić information content (AvgIpc) is 3.08. The van der Waals surface area contributed by atoms with Crippen molar-refractivity contribution in [1.29, 1.82) is 0 Å². The number of thiocarbonyl (C=S) groups is 1. The Morgan fingerprint density at radius 3 is 2.72 bits per heavy atom. The quantitative estimate of drug-likeness (QED) is 0.344. The lowest BCUT2D eigenvalue weighted by Crippen LogP contribution is -2.47. The van der Waals surface area contributed by atoms with Crippen LogP contribution in [-0.4, -0.2) is 82.4 Å². The van der Waals surface area contributed by atoms with Crippen molar-refractivity contribution in [2.24, 2.45) is 0 Å². The second kappa shape index (κ2) is 10.1. The molecule has 0 radical (unpaired) electrons. The number of anilines is 1. The van der Waals surface area contributed by atoms with E-state index in [0.29, 0.717) is 45.8 Å². The summed E-state index contributed by atoms with van der Waals surface area (Å²) in [4.78, 5) is 37.8. The van der Waals surface area contributed by atoms with Crippen LogP contribution >= 0.6 is 24.0 Å². The number of rotatable bonds is 7. The largest absolute Gasteiger partial charge is 0.385 e. The Kier molecular flexibility index (Phi) is 7.24. The third-order valence-electron chi connectivity index (χ3n) is 5.75. The number of hydrogen-bond donors (Lipinski definition) is 0. The molecular weight excluding hydrogens is 446 g/mol. The summed E-state index contributed by atoms with van der Waals surface area (Å²) >= 11 is 6.66. The molecule has 0 unspecified atom stereocenters. The predicted octanol–water partition coefficient (Wildman–Crippen LogP) is 2.07. The van der Waals surface area contributed by atoms with Gasteiger partial charge >= 0.3 is 0 Å². The maximum absolute atomic E-state index is 13.4. The van der Waals surface area contributed by atoms with E-state index in [9.17, 15) is 9.59 Å². The van der Waals surface area contributed by atoms with Crippen LogP contribution in [0.4, 0.5) is 5.82 Å². The molecule has 0 saturated carbocycles. The number of likely N-dealkylation sites (N-methyl/N-ethyl adjacent to an activating group) is 1. The highest BCUT2D eigenvalue weighted by atomic mass is 32.2. The molecule has 0 bridgehead atoms. The topological polar surface area (TPSA) is 70.4 Å². The number of hydrogen-bond acceptors (Lipinski definition) is 8. The van der Waals surface area contributed by atoms with Crippen molar-refractivity contribution in [3.05, 3.63) is 45.2 Å². The first-order valence-electron chi connectivity index (χ1n) is 10.8. The van der Waals surface area contributed by atoms with Crippen LogP contribution in [0.1, 0.15) is 18.9 Å². The molecule has 4 heterocycles. The first-order valence-corrected chi connectivity index (χ1v) is 12.0. The second-order valence-electron chi connectivity index (χ2n) is 7.68. The number of carbonyl (C=O) groups excluding carboxylic acids is 1. The number of amides is 1. The van der Waals surface area contributed by atoms with E-state index < -0.39 is 0 Å². The van der Waals surface area contributed by atoms with Crippen molar-refractivity contribution in [3.8, 4) is 0 Å². The van der Waals surface area contributed by atoms with Gasteiger partial charge in [0.2, 0.25) is 0 Å². The van der Waals surface area contributed by atoms with Gasteiger partial charge in [-0.1, -0.05) is 37.0 Å². The highest BCUT2D eigenvalue weighted by Crippen LogP contribution is 2.33. The summed E-state index contributed by atoms with van der Waals surface area (Å²) in [7, 11) is 1.63. The smallest absolute Gasteiger partial charge is 0.267 e. The molecule has 0 N–H and O–H groups in total. The Hall–Kier alpha value is -2.27. The standard InChI is InChI=1S/C22H27N5O3S2/c1-3-24-10-12-25(13-11-24)19-16(20(28)26-8-5-4-7-18(26)23-19)15-17-21(29)27(22(31)32-17)9-6-14-30-2/h4-5,7-8,15H,3,6,9-14H2,1-2H3/b17-15+. The van der Waals surface area contributed by atoms with Gasteiger partial charge in [-0.05, 0) is 31.2 Å². The number of piperazine rings is 1. The maximum atomic E-state index is 13.4. The summed E-state index contributed by atoms with van der Waals surface area (Å²) in [5, 5.41) is 0. The molecule has 2 aromatic rings. The van der Waals surface area contributed by atoms with Gasteiger partial charge in [0.1, 0.15) is 15.8 Å². The van der Waals surface area contributed by atoms with E-state index in [4.69, 9.17) is 21.9 Å². The van der Waals surface area contributed by atoms with Crippen LogP contribution in [-0.2, 0) is 9.53 Å². The fraction of sp³-hybridized carbons (Fsp3) is 0.455. The SMILES string of the molecule is CCN1CCN(c2nc3ccccn3c(=O)c2/C=C2/SC(=S)N(CCCOC)C2=O)CC1. The fourth-order valence-corrected chi connectivity index (χ4v) is 5.22. The molecule has 0 atom stereocenters. The highest BCUT2D eigenvalue weighted by molar-refractivity contribution is 8.26. The summed E-state index contributed by atoms with van der Waals surface area (Å²) in [6.07, 6.45) is 4.08. The van der Waals surface area contributed by atoms with Crippen molar-refractivity contribution in [1.82, 2.24) is 19.2 Å². The van der Waals surface area contributed by atoms with Crippen molar-refractivity contribution in [2.75, 3.05) is 57.9 Å². The highest BCUT2D eigenvalue weighted by Gasteiger charge is 2.32. The van der Waals surface area contributed by atoms with Crippen LogP contribution in [0.5, 0.6) is 0 Å². The van der Waals surface area contributed by atoms with Gasteiger partial charge in [-0.25, -0.2) is 4.98 Å². The minimum Gasteiger partial charge on any atom is -0.385 e. The molecule has 170 valence electrons. The minimum absolute atomic E-state index is 0.171. The van der Waals surface area contributed by atoms with Gasteiger partial charge in [-0.2, -0.15) is 0 Å². The Balaban J connectivity index is 1.73. The van der Waals surface area contributed by atoms with Crippen molar-refractivity contribution in [3.63, 3.8) is 0 Å². The monoisotopic (exact) mass is 473 g/mol. The molecule has 2 saturated heterocycles. The lowest BCUT2D eigenvalue weighted by atomic mass is 10.2. The Morgan fingerprint density at radius 2 is 2.00 bits per heavy atom. The molecule has 0 aliphatic carbocycles. The summed E-state index contributed by atoms with van der Waals surface area (Å²) in [6.45, 7) is 7.58. The van der Waals surface area contributed by atoms with E-state index in [1.165, 1.54) is 16.2 Å². The molecule has 0 aromatic carbocycles. The van der Waals surface area contributed by atoms with Crippen LogP contribution in [0, 0.1) is 0 Å². The van der Waals surface area contributed by atoms with Crippen molar-refractivity contribution in [2.45, 2.75) is 13.3 Å². The molecule has 2 aromatic heterocycles. The van der Waals surface area contributed by atoms with Crippen LogP contribution in [0.3, 0.4) is 0 Å². The van der Waals surface area contributed by atoms with Crippen LogP contribution < -0.4 is 10.5 Å². The van der Waals surface area contributed by atoms with Gasteiger partial charge in [0.25, 0.3) is 11.5 Å². The Labute approximate surface area is 196 Å². The molecule has 4 rings (SSSR count). The predicted molar refractivity (Wildman–Crippen MR) is 132 cm³/mol. The van der Waals surface area contributed by atoms with E-state index in [0.717, 1.165) is 32.7 Å². The van der Waals surface area contributed by atoms with E-state index in [1.54, 1.807) is 30.3 Å². The molecule has 0 spiro atoms.